The molecule has 0 spiro atoms. The fourth-order valence-electron chi connectivity index (χ4n) is 9.71. The van der Waals surface area contributed by atoms with Crippen LogP contribution in [0.3, 0.4) is 0 Å². The van der Waals surface area contributed by atoms with Crippen LogP contribution in [0.5, 0.6) is 0 Å². The molecule has 0 saturated carbocycles. The summed E-state index contributed by atoms with van der Waals surface area (Å²) in [5.74, 6) is -9.37. The number of hydrogen-bond acceptors (Lipinski definition) is 18. The Morgan fingerprint density at radius 2 is 0.851 bits per heavy atom. The van der Waals surface area contributed by atoms with E-state index in [2.05, 4.69) is 72.3 Å². The lowest BCUT2D eigenvalue weighted by molar-refractivity contribution is -0.137. The average Bonchev–Trinajstić information content (AvgIpc) is 3.13. The molecule has 0 bridgehead atoms. The second kappa shape index (κ2) is 46.1. The Balaban J connectivity index is 3.91. The smallest absolute Gasteiger partial charge is 0.245 e. The second-order valence-corrected chi connectivity index (χ2v) is 22.5. The largest absolute Gasteiger partial charge is 0.391 e. The first-order valence-corrected chi connectivity index (χ1v) is 31.7. The predicted molar refractivity (Wildman–Crippen MR) is 329 cm³/mol. The van der Waals surface area contributed by atoms with Crippen LogP contribution in [-0.2, 0) is 52.7 Å². The van der Waals surface area contributed by atoms with Gasteiger partial charge in [0.25, 0.3) is 0 Å². The number of nitrogens with one attached hydrogen (secondary N) is 11. The maximum absolute atomic E-state index is 14.6. The molecule has 29 heteroatoms. The van der Waals surface area contributed by atoms with Crippen molar-refractivity contribution in [3.05, 3.63) is 0 Å². The first kappa shape index (κ1) is 78.9. The molecule has 29 nitrogen and oxygen atoms in total. The normalized spacial score (nSPS) is 22.3. The molecule has 500 valence electrons. The Bertz CT molecular complexity index is 2110. The molecule has 0 aromatic carbocycles. The molecule has 1 rings (SSSR count). The van der Waals surface area contributed by atoms with E-state index in [9.17, 15) is 63.0 Å². The molecule has 12 unspecified atom stereocenters. The van der Waals surface area contributed by atoms with Crippen molar-refractivity contribution in [3.63, 3.8) is 0 Å². The number of amides is 11. The Morgan fingerprint density at radius 3 is 1.28 bits per heavy atom. The standard InChI is InChI=1S/C58H110N16O13/c1-6-9-12-15-17-19-22-39-49(78)66-38(21-18-14-11-8-3)50(79)68-42(26-32-61)52(81)70-44(28-34-63)56(85)73-47(36(4)75)57(86)64-35-29-45(54(83)69-41(25-31-60)51(80)67-39)71-53(82)43(27-33-62)72-58(87)48(37(5)76)74-55(84)40(24-30-59)65-46(77)23-20-16-13-10-7-2/h36-45,47-48,75-76H,6-35,59-63H2,1-5H3,(H,64,86)(H,65,77)(H,66,78)(H,67,80)(H,68,79)(H,69,83)(H,70,81)(H,71,82)(H,72,87)(H,73,85)(H,74,84). The van der Waals surface area contributed by atoms with Crippen molar-refractivity contribution in [2.45, 2.75) is 261 Å². The fourth-order valence-corrected chi connectivity index (χ4v) is 9.71. The summed E-state index contributed by atoms with van der Waals surface area (Å²) in [7, 11) is 0. The van der Waals surface area contributed by atoms with E-state index in [1.807, 2.05) is 6.92 Å². The molecular weight excluding hydrogens is 1130 g/mol. The third-order valence-electron chi connectivity index (χ3n) is 14.9. The molecule has 87 heavy (non-hydrogen) atoms. The number of carbonyl (C=O) groups excluding carboxylic acids is 11. The molecule has 0 radical (unpaired) electrons. The topological polar surface area (TPSA) is 491 Å². The van der Waals surface area contributed by atoms with E-state index in [0.29, 0.717) is 32.1 Å². The fraction of sp³-hybridized carbons (Fsp3) is 0.810. The van der Waals surface area contributed by atoms with Gasteiger partial charge in [-0.3, -0.25) is 52.7 Å². The Morgan fingerprint density at radius 1 is 0.460 bits per heavy atom. The van der Waals surface area contributed by atoms with Gasteiger partial charge in [-0.15, -0.1) is 0 Å². The zero-order chi connectivity index (χ0) is 65.3. The second-order valence-electron chi connectivity index (χ2n) is 22.5. The van der Waals surface area contributed by atoms with Crippen LogP contribution in [0.25, 0.3) is 0 Å². The third-order valence-corrected chi connectivity index (χ3v) is 14.9. The Labute approximate surface area is 514 Å². The molecule has 1 heterocycles. The van der Waals surface area contributed by atoms with Gasteiger partial charge in [0, 0.05) is 13.0 Å². The molecule has 23 N–H and O–H groups in total. The number of rotatable bonds is 37. The van der Waals surface area contributed by atoms with E-state index in [-0.39, 0.29) is 84.1 Å². The molecule has 0 aromatic rings. The molecule has 1 aliphatic heterocycles. The summed E-state index contributed by atoms with van der Waals surface area (Å²) < 4.78 is 0. The van der Waals surface area contributed by atoms with Crippen LogP contribution in [0.2, 0.25) is 0 Å². The number of carbonyl (C=O) groups is 11. The highest BCUT2D eigenvalue weighted by Gasteiger charge is 2.37. The van der Waals surface area contributed by atoms with Crippen LogP contribution in [0.1, 0.15) is 189 Å². The maximum atomic E-state index is 14.6. The third kappa shape index (κ3) is 31.6. The Hall–Kier alpha value is -6.11. The minimum atomic E-state index is -1.69. The number of aliphatic hydroxyl groups is 2. The zero-order valence-electron chi connectivity index (χ0n) is 52.4. The van der Waals surface area contributed by atoms with Crippen molar-refractivity contribution in [1.29, 1.82) is 0 Å². The SMILES string of the molecule is CCCCCCCCC1NC(=O)C(CCN)NC(=O)C(NC(=O)C(CCN)NC(=O)C(NC(=O)C(CCN)NC(=O)CCCCCCC)C(C)O)CCNC(=O)C(C(C)O)NC(=O)C(CCN)NC(=O)C(CCN)NC(=O)C(CCCCCC)NC1=O. The first-order chi connectivity index (χ1) is 41.6. The van der Waals surface area contributed by atoms with E-state index in [0.717, 1.165) is 64.2 Å². The summed E-state index contributed by atoms with van der Waals surface area (Å²) in [5, 5.41) is 50.1. The van der Waals surface area contributed by atoms with Crippen molar-refractivity contribution < 1.29 is 63.0 Å². The van der Waals surface area contributed by atoms with Gasteiger partial charge in [-0.2, -0.15) is 0 Å². The average molecular weight is 1240 g/mol. The minimum absolute atomic E-state index is 0.00807. The summed E-state index contributed by atoms with van der Waals surface area (Å²) in [6.45, 7) is 7.50. The highest BCUT2D eigenvalue weighted by molar-refractivity contribution is 5.99. The lowest BCUT2D eigenvalue weighted by atomic mass is 10.0. The molecule has 11 amide bonds. The van der Waals surface area contributed by atoms with E-state index in [4.69, 9.17) is 28.7 Å². The van der Waals surface area contributed by atoms with Gasteiger partial charge in [0.05, 0.1) is 12.2 Å². The minimum Gasteiger partial charge on any atom is -0.391 e. The molecule has 1 saturated heterocycles. The van der Waals surface area contributed by atoms with Gasteiger partial charge >= 0.3 is 0 Å². The maximum Gasteiger partial charge on any atom is 0.245 e. The quantitative estimate of drug-likeness (QED) is 0.0275. The van der Waals surface area contributed by atoms with Crippen molar-refractivity contribution >= 4 is 65.0 Å². The molecule has 0 aromatic heterocycles. The summed E-state index contributed by atoms with van der Waals surface area (Å²) in [5.41, 5.74) is 29.5. The van der Waals surface area contributed by atoms with Gasteiger partial charge in [0.1, 0.15) is 60.4 Å². The molecule has 1 fully saturated rings. The molecule has 1 aliphatic rings. The summed E-state index contributed by atoms with van der Waals surface area (Å²) >= 11 is 0. The van der Waals surface area contributed by atoms with Crippen LogP contribution in [0.15, 0.2) is 0 Å². The van der Waals surface area contributed by atoms with Gasteiger partial charge in [0.2, 0.25) is 65.0 Å². The monoisotopic (exact) mass is 1240 g/mol. The summed E-state index contributed by atoms with van der Waals surface area (Å²) in [6, 6.07) is -14.4. The predicted octanol–water partition coefficient (Wildman–Crippen LogP) is -3.06. The zero-order valence-corrected chi connectivity index (χ0v) is 52.4. The van der Waals surface area contributed by atoms with E-state index >= 15 is 0 Å². The van der Waals surface area contributed by atoms with E-state index in [1.54, 1.807) is 0 Å². The molecule has 0 aliphatic carbocycles. The first-order valence-electron chi connectivity index (χ1n) is 31.7. The van der Waals surface area contributed by atoms with Gasteiger partial charge in [-0.05, 0) is 104 Å². The number of nitrogens with two attached hydrogens (primary N) is 5. The van der Waals surface area contributed by atoms with Crippen LogP contribution >= 0.6 is 0 Å². The lowest BCUT2D eigenvalue weighted by Gasteiger charge is -2.28. The van der Waals surface area contributed by atoms with E-state index in [1.165, 1.54) is 13.8 Å². The van der Waals surface area contributed by atoms with Gasteiger partial charge in [-0.25, -0.2) is 0 Å². The van der Waals surface area contributed by atoms with Gasteiger partial charge in [0.15, 0.2) is 0 Å². The van der Waals surface area contributed by atoms with Crippen LogP contribution in [0.4, 0.5) is 0 Å². The van der Waals surface area contributed by atoms with Gasteiger partial charge in [-0.1, -0.05) is 111 Å². The van der Waals surface area contributed by atoms with Crippen molar-refractivity contribution in [1.82, 2.24) is 58.5 Å². The summed E-state index contributed by atoms with van der Waals surface area (Å²) in [6.07, 6.45) is 8.37. The number of unbranched alkanes of at least 4 members (excludes halogenated alkanes) is 12. The van der Waals surface area contributed by atoms with Gasteiger partial charge < -0.3 is 97.4 Å². The lowest BCUT2D eigenvalue weighted by Crippen LogP contribution is -2.62. The number of hydrogen-bond donors (Lipinski definition) is 18. The van der Waals surface area contributed by atoms with Crippen molar-refractivity contribution in [2.75, 3.05) is 39.3 Å². The van der Waals surface area contributed by atoms with Crippen LogP contribution < -0.4 is 87.2 Å². The van der Waals surface area contributed by atoms with Crippen LogP contribution in [-0.4, -0.2) is 187 Å². The molecule has 12 atom stereocenters. The number of aliphatic hydroxyl groups excluding tert-OH is 2. The van der Waals surface area contributed by atoms with Crippen molar-refractivity contribution in [2.24, 2.45) is 28.7 Å². The Kier molecular flexibility index (Phi) is 41.8. The van der Waals surface area contributed by atoms with Crippen LogP contribution in [0, 0.1) is 0 Å². The highest BCUT2D eigenvalue weighted by Crippen LogP contribution is 2.14. The highest BCUT2D eigenvalue weighted by atomic mass is 16.3. The van der Waals surface area contributed by atoms with Crippen molar-refractivity contribution in [3.8, 4) is 0 Å². The van der Waals surface area contributed by atoms with E-state index < -0.39 is 151 Å². The molecular formula is C58H110N16O13. The summed E-state index contributed by atoms with van der Waals surface area (Å²) in [4.78, 5) is 154.